The number of piperazine rings is 1. The van der Waals surface area contributed by atoms with Crippen LogP contribution in [0.4, 0.5) is 5.95 Å². The Balaban J connectivity index is 1.30. The van der Waals surface area contributed by atoms with E-state index in [0.29, 0.717) is 38.7 Å². The lowest BCUT2D eigenvalue weighted by atomic mass is 10.3. The Hall–Kier alpha value is -3.95. The molecule has 0 radical (unpaired) electrons. The molecule has 10 nitrogen and oxygen atoms in total. The maximum atomic E-state index is 13.1. The quantitative estimate of drug-likeness (QED) is 0.446. The zero-order valence-corrected chi connectivity index (χ0v) is 18.5. The Bertz CT molecular complexity index is 1320. The van der Waals surface area contributed by atoms with Gasteiger partial charge in [-0.25, -0.2) is 4.79 Å². The van der Waals surface area contributed by atoms with E-state index in [9.17, 15) is 9.59 Å². The van der Waals surface area contributed by atoms with Gasteiger partial charge in [-0.3, -0.25) is 13.9 Å². The average Bonchev–Trinajstić information content (AvgIpc) is 3.45. The predicted molar refractivity (Wildman–Crippen MR) is 124 cm³/mol. The summed E-state index contributed by atoms with van der Waals surface area (Å²) >= 11 is 0. The van der Waals surface area contributed by atoms with Crippen molar-refractivity contribution < 1.29 is 4.79 Å². The van der Waals surface area contributed by atoms with Crippen molar-refractivity contribution >= 4 is 22.9 Å². The molecule has 3 heterocycles. The largest absolute Gasteiger partial charge is 0.338 e. The lowest BCUT2D eigenvalue weighted by Gasteiger charge is -2.34. The van der Waals surface area contributed by atoms with E-state index in [-0.39, 0.29) is 18.1 Å². The van der Waals surface area contributed by atoms with Crippen molar-refractivity contribution in [3.63, 3.8) is 0 Å². The number of benzene rings is 2. The highest BCUT2D eigenvalue weighted by Crippen LogP contribution is 2.18. The van der Waals surface area contributed by atoms with Crippen LogP contribution in [-0.2, 0) is 17.9 Å². The molecule has 1 aliphatic heterocycles. The molecule has 0 saturated carbocycles. The summed E-state index contributed by atoms with van der Waals surface area (Å²) in [5, 5.41) is 12.2. The molecule has 170 valence electrons. The van der Waals surface area contributed by atoms with Crippen LogP contribution in [0.15, 0.2) is 59.4 Å². The number of amides is 1. The first-order valence-electron chi connectivity index (χ1n) is 11.2. The van der Waals surface area contributed by atoms with E-state index in [1.165, 1.54) is 0 Å². The molecule has 2 aromatic carbocycles. The topological polar surface area (TPSA) is 94.1 Å². The molecule has 10 heteroatoms. The summed E-state index contributed by atoms with van der Waals surface area (Å²) in [5.74, 6) is 0.603. The van der Waals surface area contributed by atoms with Crippen molar-refractivity contribution in [2.45, 2.75) is 26.4 Å². The highest BCUT2D eigenvalue weighted by Gasteiger charge is 2.26. The molecule has 5 rings (SSSR count). The first-order valence-corrected chi connectivity index (χ1v) is 11.2. The second kappa shape index (κ2) is 8.89. The highest BCUT2D eigenvalue weighted by molar-refractivity contribution is 5.81. The maximum absolute atomic E-state index is 13.1. The molecule has 0 atom stereocenters. The van der Waals surface area contributed by atoms with E-state index in [2.05, 4.69) is 20.4 Å². The Kier molecular flexibility index (Phi) is 5.64. The number of hydrogen-bond donors (Lipinski definition) is 0. The minimum atomic E-state index is -0.132. The van der Waals surface area contributed by atoms with Gasteiger partial charge in [0.15, 0.2) is 0 Å². The van der Waals surface area contributed by atoms with Crippen LogP contribution < -0.4 is 10.6 Å². The van der Waals surface area contributed by atoms with E-state index in [1.807, 2.05) is 66.4 Å². The van der Waals surface area contributed by atoms with Gasteiger partial charge in [0.2, 0.25) is 11.9 Å². The summed E-state index contributed by atoms with van der Waals surface area (Å²) in [7, 11) is 0. The summed E-state index contributed by atoms with van der Waals surface area (Å²) in [6.07, 6.45) is 0.853. The normalized spacial score (nSPS) is 14.2. The molecule has 1 aliphatic rings. The summed E-state index contributed by atoms with van der Waals surface area (Å²) in [4.78, 5) is 30.0. The van der Waals surface area contributed by atoms with Crippen molar-refractivity contribution in [3.05, 3.63) is 65.1 Å². The van der Waals surface area contributed by atoms with Crippen LogP contribution in [0.5, 0.6) is 0 Å². The first kappa shape index (κ1) is 20.9. The lowest BCUT2D eigenvalue weighted by Crippen LogP contribution is -2.50. The maximum Gasteiger partial charge on any atom is 0.329 e. The number of fused-ring (bicyclic) bond motifs is 1. The lowest BCUT2D eigenvalue weighted by molar-refractivity contribution is -0.132. The molecule has 1 fully saturated rings. The summed E-state index contributed by atoms with van der Waals surface area (Å²) in [5.41, 5.74) is 2.42. The van der Waals surface area contributed by atoms with Crippen molar-refractivity contribution in [3.8, 4) is 5.69 Å². The average molecular weight is 447 g/mol. The third-order valence-corrected chi connectivity index (χ3v) is 6.03. The van der Waals surface area contributed by atoms with Gasteiger partial charge in [0.25, 0.3) is 0 Å². The predicted octanol–water partition coefficient (Wildman–Crippen LogP) is 1.54. The third-order valence-electron chi connectivity index (χ3n) is 6.03. The summed E-state index contributed by atoms with van der Waals surface area (Å²) in [6.45, 7) is 5.03. The Labute approximate surface area is 190 Å². The smallest absolute Gasteiger partial charge is 0.329 e. The van der Waals surface area contributed by atoms with Gasteiger partial charge < -0.3 is 9.80 Å². The Morgan fingerprint density at radius 1 is 0.909 bits per heavy atom. The summed E-state index contributed by atoms with van der Waals surface area (Å²) in [6, 6.07) is 17.4. The second-order valence-electron chi connectivity index (χ2n) is 8.10. The van der Waals surface area contributed by atoms with Gasteiger partial charge in [-0.1, -0.05) is 42.4 Å². The molecule has 4 aromatic rings. The van der Waals surface area contributed by atoms with Gasteiger partial charge in [0.1, 0.15) is 6.54 Å². The number of aromatic nitrogens is 6. The van der Waals surface area contributed by atoms with Gasteiger partial charge in [-0.15, -0.1) is 0 Å². The van der Waals surface area contributed by atoms with Crippen molar-refractivity contribution in [2.24, 2.45) is 0 Å². The molecular weight excluding hydrogens is 420 g/mol. The molecule has 0 unspecified atom stereocenters. The number of para-hydroxylation sites is 3. The summed E-state index contributed by atoms with van der Waals surface area (Å²) < 4.78 is 5.05. The molecule has 33 heavy (non-hydrogen) atoms. The van der Waals surface area contributed by atoms with Crippen LogP contribution in [0, 0.1) is 0 Å². The minimum Gasteiger partial charge on any atom is -0.338 e. The molecule has 0 bridgehead atoms. The zero-order valence-electron chi connectivity index (χ0n) is 18.5. The van der Waals surface area contributed by atoms with Gasteiger partial charge in [0.05, 0.1) is 16.7 Å². The van der Waals surface area contributed by atoms with Crippen LogP contribution in [0.2, 0.25) is 0 Å². The molecule has 2 aromatic heterocycles. The molecule has 1 saturated heterocycles. The Morgan fingerprint density at radius 3 is 2.27 bits per heavy atom. The molecule has 0 aliphatic carbocycles. The fourth-order valence-electron chi connectivity index (χ4n) is 4.37. The van der Waals surface area contributed by atoms with Crippen molar-refractivity contribution in [1.29, 1.82) is 0 Å². The second-order valence-corrected chi connectivity index (χ2v) is 8.10. The van der Waals surface area contributed by atoms with E-state index in [0.717, 1.165) is 23.1 Å². The highest BCUT2D eigenvalue weighted by atomic mass is 16.2. The van der Waals surface area contributed by atoms with Gasteiger partial charge in [-0.05, 0) is 41.1 Å². The number of rotatable bonds is 6. The number of tetrazole rings is 1. The van der Waals surface area contributed by atoms with Gasteiger partial charge >= 0.3 is 5.69 Å². The van der Waals surface area contributed by atoms with Crippen molar-refractivity contribution in [2.75, 3.05) is 31.1 Å². The standard InChI is InChI=1S/C23H26N8O2/c1-2-12-29-19-10-6-7-11-20(19)30(23(29)33)17-21(32)27-13-15-28(16-14-27)22-24-25-26-31(22)18-8-4-3-5-9-18/h3-11H,2,12-17H2,1H3. The van der Waals surface area contributed by atoms with E-state index >= 15 is 0 Å². The monoisotopic (exact) mass is 446 g/mol. The van der Waals surface area contributed by atoms with Crippen LogP contribution in [0.25, 0.3) is 16.7 Å². The van der Waals surface area contributed by atoms with Gasteiger partial charge in [-0.2, -0.15) is 4.68 Å². The molecular formula is C23H26N8O2. The van der Waals surface area contributed by atoms with E-state index < -0.39 is 0 Å². The number of aryl methyl sites for hydroxylation is 1. The SMILES string of the molecule is CCCn1c(=O)n(CC(=O)N2CCN(c3nnnn3-c3ccccc3)CC2)c2ccccc21. The molecule has 0 N–H and O–H groups in total. The fourth-order valence-corrected chi connectivity index (χ4v) is 4.37. The number of nitrogens with zero attached hydrogens (tertiary/aromatic N) is 8. The number of anilines is 1. The van der Waals surface area contributed by atoms with Crippen LogP contribution in [-0.4, -0.2) is 66.3 Å². The number of imidazole rings is 1. The third kappa shape index (κ3) is 3.88. The van der Waals surface area contributed by atoms with Crippen molar-refractivity contribution in [1.82, 2.24) is 34.2 Å². The zero-order chi connectivity index (χ0) is 22.8. The Morgan fingerprint density at radius 2 is 1.58 bits per heavy atom. The number of carbonyl (C=O) groups is 1. The van der Waals surface area contributed by atoms with E-state index in [1.54, 1.807) is 13.8 Å². The number of hydrogen-bond acceptors (Lipinski definition) is 6. The first-order chi connectivity index (χ1) is 16.2. The number of carbonyl (C=O) groups excluding carboxylic acids is 1. The minimum absolute atomic E-state index is 0.0395. The molecule has 0 spiro atoms. The fraction of sp³-hybridized carbons (Fsp3) is 0.348. The molecule has 1 amide bonds. The van der Waals surface area contributed by atoms with Crippen LogP contribution >= 0.6 is 0 Å². The van der Waals surface area contributed by atoms with Crippen LogP contribution in [0.1, 0.15) is 13.3 Å². The van der Waals surface area contributed by atoms with Crippen LogP contribution in [0.3, 0.4) is 0 Å². The van der Waals surface area contributed by atoms with Gasteiger partial charge in [0, 0.05) is 32.7 Å². The van der Waals surface area contributed by atoms with E-state index in [4.69, 9.17) is 0 Å².